The van der Waals surface area contributed by atoms with Crippen molar-refractivity contribution in [3.05, 3.63) is 71.8 Å². The molecule has 0 amide bonds. The first-order chi connectivity index (χ1) is 19.9. The molecule has 0 aromatic heterocycles. The van der Waals surface area contributed by atoms with Gasteiger partial charge in [0, 0.05) is 28.3 Å². The van der Waals surface area contributed by atoms with Crippen LogP contribution in [0.5, 0.6) is 11.5 Å². The van der Waals surface area contributed by atoms with Gasteiger partial charge in [-0.1, -0.05) is 12.1 Å². The third kappa shape index (κ3) is 6.53. The van der Waals surface area contributed by atoms with Crippen molar-refractivity contribution < 1.29 is 42.2 Å². The quantitative estimate of drug-likeness (QED) is 0.0428. The summed E-state index contributed by atoms with van der Waals surface area (Å²) in [7, 11) is -7.43. The monoisotopic (exact) mass is 613 g/mol. The van der Waals surface area contributed by atoms with E-state index in [1.54, 1.807) is 18.2 Å². The molecule has 1 fully saturated rings. The molecular weight excluding hydrogens is 589 g/mol. The average Bonchev–Trinajstić information content (AvgIpc) is 3.76. The lowest BCUT2D eigenvalue weighted by molar-refractivity contribution is 0.200. The summed E-state index contributed by atoms with van der Waals surface area (Å²) in [5.74, 6) is -0.382. The Morgan fingerprint density at radius 1 is 1.02 bits per heavy atom. The Hall–Kier alpha value is -4.08. The fourth-order valence-corrected chi connectivity index (χ4v) is 5.13. The number of hydrogen-bond donors (Lipinski definition) is 6. The molecule has 7 N–H and O–H groups in total. The van der Waals surface area contributed by atoms with Crippen molar-refractivity contribution in [2.45, 2.75) is 24.0 Å². The highest BCUT2D eigenvalue weighted by atomic mass is 32.2. The number of ether oxygens (including phenoxy) is 1. The van der Waals surface area contributed by atoms with Crippen LogP contribution < -0.4 is 10.3 Å². The second kappa shape index (κ2) is 11.7. The lowest BCUT2D eigenvalue weighted by Crippen LogP contribution is -1.99. The molecule has 1 aliphatic rings. The number of aromatic hydroxyl groups is 1. The molecule has 0 saturated carbocycles. The highest BCUT2D eigenvalue weighted by Gasteiger charge is 2.30. The third-order valence-electron chi connectivity index (χ3n) is 6.20. The van der Waals surface area contributed by atoms with Crippen LogP contribution in [0.15, 0.2) is 86.0 Å². The molecular formula is C26H24N5O9PS. The lowest BCUT2D eigenvalue weighted by Gasteiger charge is -2.13. The van der Waals surface area contributed by atoms with Gasteiger partial charge in [0.15, 0.2) is 5.75 Å². The van der Waals surface area contributed by atoms with Crippen LogP contribution in [0.4, 0.5) is 28.4 Å². The molecule has 0 aliphatic carbocycles. The summed E-state index contributed by atoms with van der Waals surface area (Å²) < 4.78 is 44.5. The Labute approximate surface area is 240 Å². The van der Waals surface area contributed by atoms with Gasteiger partial charge in [-0.15, -0.1) is 10.2 Å². The van der Waals surface area contributed by atoms with Crippen LogP contribution in [-0.4, -0.2) is 39.6 Å². The van der Waals surface area contributed by atoms with Crippen LogP contribution in [-0.2, 0) is 14.9 Å². The molecule has 0 spiro atoms. The average molecular weight is 614 g/mol. The number of aliphatic hydroxyl groups excluding tert-OH is 1. The van der Waals surface area contributed by atoms with Gasteiger partial charge < -0.3 is 35.0 Å². The number of nitrogens with zero attached hydrogens (tertiary/aromatic N) is 4. The van der Waals surface area contributed by atoms with Crippen molar-refractivity contribution in [3.63, 3.8) is 0 Å². The molecule has 0 radical (unpaired) electrons. The number of phenolic OH excluding ortho intramolecular Hbond substituents is 1. The van der Waals surface area contributed by atoms with Crippen molar-refractivity contribution in [2.75, 3.05) is 12.3 Å². The third-order valence-corrected chi connectivity index (χ3v) is 7.44. The number of nitrogen functional groups attached to an aromatic ring is 1. The maximum atomic E-state index is 12.2. The molecule has 5 rings (SSSR count). The fourth-order valence-electron chi connectivity index (χ4n) is 4.17. The Morgan fingerprint density at radius 3 is 2.43 bits per heavy atom. The topological polar surface area (TPSA) is 233 Å². The molecule has 1 heterocycles. The molecule has 16 heteroatoms. The number of phenols is 1. The fraction of sp³-hybridized carbons (Fsp3) is 0.154. The molecule has 1 saturated heterocycles. The summed E-state index contributed by atoms with van der Waals surface area (Å²) in [4.78, 5) is 17.5. The molecule has 4 aromatic carbocycles. The number of rotatable bonds is 9. The maximum Gasteiger partial charge on any atom is 0.391 e. The lowest BCUT2D eigenvalue weighted by atomic mass is 10.0. The molecule has 1 aliphatic heterocycles. The second-order valence-corrected chi connectivity index (χ2v) is 11.3. The van der Waals surface area contributed by atoms with E-state index in [1.165, 1.54) is 43.3 Å². The first-order valence-corrected chi connectivity index (χ1v) is 14.8. The zero-order chi connectivity index (χ0) is 30.2. The zero-order valence-electron chi connectivity index (χ0n) is 21.7. The number of fused-ring (bicyclic) bond motifs is 1. The Morgan fingerprint density at radius 2 is 1.76 bits per heavy atom. The van der Waals surface area contributed by atoms with E-state index in [-0.39, 0.29) is 22.5 Å². The number of epoxide rings is 1. The van der Waals surface area contributed by atoms with Crippen LogP contribution >= 0.6 is 8.60 Å². The van der Waals surface area contributed by atoms with Crippen molar-refractivity contribution in [1.82, 2.24) is 0 Å². The van der Waals surface area contributed by atoms with E-state index in [2.05, 4.69) is 20.5 Å². The summed E-state index contributed by atoms with van der Waals surface area (Å²) in [6.07, 6.45) is -1.44. The normalized spacial score (nSPS) is 16.1. The highest BCUT2D eigenvalue weighted by Crippen LogP contribution is 2.45. The van der Waals surface area contributed by atoms with Gasteiger partial charge >= 0.3 is 8.60 Å². The van der Waals surface area contributed by atoms with E-state index in [0.717, 1.165) is 6.07 Å². The van der Waals surface area contributed by atoms with Gasteiger partial charge in [-0.2, -0.15) is 18.6 Å². The second-order valence-electron chi connectivity index (χ2n) is 9.24. The summed E-state index contributed by atoms with van der Waals surface area (Å²) >= 11 is 0. The SMILES string of the molecule is CC(O)c1cc(/N=N\c2c(S(=O)(=O)O)cc3ccc(N)cc3c2O)c(C2CO2)cc1/N=N\c1cccc(OP(O)O)c1. The Balaban J connectivity index is 1.59. The highest BCUT2D eigenvalue weighted by molar-refractivity contribution is 7.86. The van der Waals surface area contributed by atoms with Gasteiger partial charge in [0.25, 0.3) is 10.1 Å². The van der Waals surface area contributed by atoms with E-state index in [1.807, 2.05) is 0 Å². The van der Waals surface area contributed by atoms with Gasteiger partial charge in [-0.3, -0.25) is 4.55 Å². The van der Waals surface area contributed by atoms with Crippen molar-refractivity contribution in [3.8, 4) is 11.5 Å². The van der Waals surface area contributed by atoms with Crippen molar-refractivity contribution >= 4 is 57.9 Å². The first-order valence-electron chi connectivity index (χ1n) is 12.2. The minimum Gasteiger partial charge on any atom is -0.505 e. The van der Waals surface area contributed by atoms with Crippen LogP contribution in [0.1, 0.15) is 30.3 Å². The first kappa shape index (κ1) is 29.4. The van der Waals surface area contributed by atoms with E-state index in [0.29, 0.717) is 34.5 Å². The van der Waals surface area contributed by atoms with Gasteiger partial charge in [0.05, 0.1) is 29.8 Å². The Bertz CT molecular complexity index is 1840. The van der Waals surface area contributed by atoms with Crippen molar-refractivity contribution in [1.29, 1.82) is 0 Å². The molecule has 218 valence electrons. The van der Waals surface area contributed by atoms with Gasteiger partial charge in [0.1, 0.15) is 22.4 Å². The van der Waals surface area contributed by atoms with E-state index < -0.39 is 47.3 Å². The summed E-state index contributed by atoms with van der Waals surface area (Å²) in [6, 6.07) is 14.8. The van der Waals surface area contributed by atoms with Gasteiger partial charge in [-0.05, 0) is 54.8 Å². The van der Waals surface area contributed by atoms with E-state index >= 15 is 0 Å². The van der Waals surface area contributed by atoms with Gasteiger partial charge in [-0.25, -0.2) is 0 Å². The number of anilines is 1. The van der Waals surface area contributed by atoms with Crippen LogP contribution in [0, 0.1) is 0 Å². The zero-order valence-corrected chi connectivity index (χ0v) is 23.4. The Kier molecular flexibility index (Phi) is 8.17. The molecule has 14 nitrogen and oxygen atoms in total. The predicted molar refractivity (Wildman–Crippen MR) is 152 cm³/mol. The van der Waals surface area contributed by atoms with Crippen molar-refractivity contribution in [2.24, 2.45) is 20.5 Å². The van der Waals surface area contributed by atoms with Gasteiger partial charge in [0.2, 0.25) is 0 Å². The minimum atomic E-state index is -4.82. The molecule has 4 aromatic rings. The number of benzene rings is 4. The minimum absolute atomic E-state index is 0.171. The van der Waals surface area contributed by atoms with E-state index in [9.17, 15) is 23.2 Å². The standard InChI is InChI=1S/C26H24N5O9PS/c1-13(32)18-10-22(30-31-25-24(42(36,37)38)7-14-5-6-15(27)8-19(14)26(25)33)20(23-12-39-23)11-21(18)29-28-16-3-2-4-17(9-16)40-41(34)35/h2-11,13,23,32-35H,12,27H2,1H3,(H,36,37,38)/b29-28-,31-30-. The number of nitrogens with two attached hydrogens (primary N) is 1. The molecule has 0 bridgehead atoms. The van der Waals surface area contributed by atoms with Crippen LogP contribution in [0.2, 0.25) is 0 Å². The number of hydrogen-bond acceptors (Lipinski definition) is 13. The molecule has 42 heavy (non-hydrogen) atoms. The number of aliphatic hydroxyl groups is 1. The summed E-state index contributed by atoms with van der Waals surface area (Å²) in [5.41, 5.74) is 7.22. The predicted octanol–water partition coefficient (Wildman–Crippen LogP) is 5.92. The summed E-state index contributed by atoms with van der Waals surface area (Å²) in [6.45, 7) is 1.85. The molecule has 2 atom stereocenters. The van der Waals surface area contributed by atoms with Crippen LogP contribution in [0.25, 0.3) is 10.8 Å². The smallest absolute Gasteiger partial charge is 0.391 e. The summed E-state index contributed by atoms with van der Waals surface area (Å²) in [5, 5.41) is 38.5. The molecule has 2 unspecified atom stereocenters. The largest absolute Gasteiger partial charge is 0.505 e. The number of azo groups is 2. The van der Waals surface area contributed by atoms with Crippen LogP contribution in [0.3, 0.4) is 0 Å². The van der Waals surface area contributed by atoms with E-state index in [4.69, 9.17) is 24.8 Å². The maximum absolute atomic E-state index is 12.2.